The van der Waals surface area contributed by atoms with Gasteiger partial charge >= 0.3 is 5.97 Å². The summed E-state index contributed by atoms with van der Waals surface area (Å²) in [7, 11) is 1.32. The number of phenols is 1. The predicted molar refractivity (Wildman–Crippen MR) is 59.1 cm³/mol. The van der Waals surface area contributed by atoms with Crippen LogP contribution in [0.4, 0.5) is 0 Å². The molecule has 0 heterocycles. The fourth-order valence-corrected chi connectivity index (χ4v) is 2.03. The Balaban J connectivity index is 2.29. The topological polar surface area (TPSA) is 72.5 Å². The Morgan fingerprint density at radius 2 is 2.31 bits per heavy atom. The first-order valence-electron chi connectivity index (χ1n) is 5.16. The van der Waals surface area contributed by atoms with E-state index >= 15 is 0 Å². The smallest absolute Gasteiger partial charge is 0.326 e. The van der Waals surface area contributed by atoms with Crippen LogP contribution in [0.25, 0.3) is 0 Å². The number of hydrogen-bond donors (Lipinski definition) is 2. The summed E-state index contributed by atoms with van der Waals surface area (Å²) in [6.07, 6.45) is 0.524. The van der Waals surface area contributed by atoms with Crippen LogP contribution in [0.3, 0.4) is 0 Å². The minimum Gasteiger partial charge on any atom is -0.508 e. The van der Waals surface area contributed by atoms with Crippen molar-refractivity contribution >= 4 is 5.97 Å². The fourth-order valence-electron chi connectivity index (χ4n) is 2.03. The van der Waals surface area contributed by atoms with E-state index in [1.54, 1.807) is 6.07 Å². The second-order valence-electron chi connectivity index (χ2n) is 4.35. The van der Waals surface area contributed by atoms with Crippen molar-refractivity contribution in [2.75, 3.05) is 7.11 Å². The number of carbonyl (C=O) groups excluding carboxylic acids is 1. The van der Waals surface area contributed by atoms with E-state index in [1.807, 2.05) is 19.1 Å². The van der Waals surface area contributed by atoms with Crippen LogP contribution in [0.5, 0.6) is 5.75 Å². The van der Waals surface area contributed by atoms with Crippen LogP contribution in [0.1, 0.15) is 23.5 Å². The number of carbonyl (C=O) groups is 1. The maximum atomic E-state index is 11.4. The highest BCUT2D eigenvalue weighted by Crippen LogP contribution is 2.52. The SMILES string of the molecule is COC(=O)C1(N)CC1c1cc(C)ccc1O. The van der Waals surface area contributed by atoms with Crippen molar-refractivity contribution in [2.24, 2.45) is 5.73 Å². The summed E-state index contributed by atoms with van der Waals surface area (Å²) in [5, 5.41) is 9.72. The van der Waals surface area contributed by atoms with Gasteiger partial charge in [0, 0.05) is 5.92 Å². The Labute approximate surface area is 94.0 Å². The summed E-state index contributed by atoms with van der Waals surface area (Å²) in [6.45, 7) is 1.93. The molecule has 1 saturated carbocycles. The minimum absolute atomic E-state index is 0.139. The number of benzene rings is 1. The number of phenolic OH excluding ortho intramolecular Hbond substituents is 1. The first kappa shape index (κ1) is 11.0. The summed E-state index contributed by atoms with van der Waals surface area (Å²) in [5.41, 5.74) is 6.72. The first-order chi connectivity index (χ1) is 7.49. The van der Waals surface area contributed by atoms with Crippen molar-refractivity contribution in [1.29, 1.82) is 0 Å². The van der Waals surface area contributed by atoms with Gasteiger partial charge in [0.2, 0.25) is 0 Å². The molecule has 16 heavy (non-hydrogen) atoms. The van der Waals surface area contributed by atoms with E-state index in [9.17, 15) is 9.90 Å². The molecule has 2 rings (SSSR count). The van der Waals surface area contributed by atoms with E-state index in [0.717, 1.165) is 11.1 Å². The van der Waals surface area contributed by atoms with Gasteiger partial charge in [-0.05, 0) is 25.0 Å². The summed E-state index contributed by atoms with van der Waals surface area (Å²) < 4.78 is 4.65. The Kier molecular flexibility index (Phi) is 2.39. The third-order valence-corrected chi connectivity index (χ3v) is 3.13. The normalized spacial score (nSPS) is 27.6. The van der Waals surface area contributed by atoms with Gasteiger partial charge in [-0.2, -0.15) is 0 Å². The molecule has 1 aliphatic carbocycles. The van der Waals surface area contributed by atoms with Gasteiger partial charge in [0.1, 0.15) is 11.3 Å². The van der Waals surface area contributed by atoms with Gasteiger partial charge in [0.05, 0.1) is 7.11 Å². The van der Waals surface area contributed by atoms with E-state index in [4.69, 9.17) is 5.73 Å². The number of rotatable bonds is 2. The van der Waals surface area contributed by atoms with Crippen molar-refractivity contribution in [3.63, 3.8) is 0 Å². The number of aryl methyl sites for hydroxylation is 1. The van der Waals surface area contributed by atoms with Gasteiger partial charge < -0.3 is 15.6 Å². The molecule has 2 unspecified atom stereocenters. The zero-order chi connectivity index (χ0) is 11.9. The van der Waals surface area contributed by atoms with Crippen LogP contribution >= 0.6 is 0 Å². The Morgan fingerprint density at radius 3 is 2.94 bits per heavy atom. The summed E-state index contributed by atoms with van der Waals surface area (Å²) in [5.74, 6) is -0.370. The maximum absolute atomic E-state index is 11.4. The Bertz CT molecular complexity index is 444. The first-order valence-corrected chi connectivity index (χ1v) is 5.16. The maximum Gasteiger partial charge on any atom is 0.326 e. The highest BCUT2D eigenvalue weighted by Gasteiger charge is 2.59. The number of ether oxygens (including phenoxy) is 1. The molecule has 1 fully saturated rings. The molecule has 3 N–H and O–H groups in total. The molecule has 86 valence electrons. The van der Waals surface area contributed by atoms with Crippen LogP contribution in [0.15, 0.2) is 18.2 Å². The second kappa shape index (κ2) is 3.49. The zero-order valence-electron chi connectivity index (χ0n) is 9.36. The molecule has 1 aromatic rings. The van der Waals surface area contributed by atoms with Gasteiger partial charge in [0.15, 0.2) is 0 Å². The van der Waals surface area contributed by atoms with Crippen LogP contribution in [-0.4, -0.2) is 23.7 Å². The Morgan fingerprint density at radius 1 is 1.62 bits per heavy atom. The molecule has 0 aromatic heterocycles. The van der Waals surface area contributed by atoms with Crippen LogP contribution in [0, 0.1) is 6.92 Å². The molecule has 0 aliphatic heterocycles. The average molecular weight is 221 g/mol. The third kappa shape index (κ3) is 1.55. The lowest BCUT2D eigenvalue weighted by molar-refractivity contribution is -0.143. The highest BCUT2D eigenvalue weighted by atomic mass is 16.5. The molecular formula is C12H15NO3. The lowest BCUT2D eigenvalue weighted by atomic mass is 10.0. The molecule has 0 spiro atoms. The van der Waals surface area contributed by atoms with Crippen LogP contribution < -0.4 is 5.73 Å². The van der Waals surface area contributed by atoms with Gasteiger partial charge in [-0.15, -0.1) is 0 Å². The van der Waals surface area contributed by atoms with Crippen molar-refractivity contribution in [1.82, 2.24) is 0 Å². The Hall–Kier alpha value is -1.55. The van der Waals surface area contributed by atoms with Gasteiger partial charge in [-0.3, -0.25) is 4.79 Å². The van der Waals surface area contributed by atoms with Gasteiger partial charge in [-0.25, -0.2) is 0 Å². The lowest BCUT2D eigenvalue weighted by Crippen LogP contribution is -2.35. The van der Waals surface area contributed by atoms with Crippen molar-refractivity contribution < 1.29 is 14.6 Å². The summed E-state index contributed by atoms with van der Waals surface area (Å²) in [4.78, 5) is 11.4. The zero-order valence-corrected chi connectivity index (χ0v) is 9.36. The average Bonchev–Trinajstić information content (AvgIpc) is 2.94. The fraction of sp³-hybridized carbons (Fsp3) is 0.417. The molecular weight excluding hydrogens is 206 g/mol. The van der Waals surface area contributed by atoms with Crippen LogP contribution in [-0.2, 0) is 9.53 Å². The third-order valence-electron chi connectivity index (χ3n) is 3.13. The van der Waals surface area contributed by atoms with Crippen molar-refractivity contribution in [2.45, 2.75) is 24.8 Å². The summed E-state index contributed by atoms with van der Waals surface area (Å²) in [6, 6.07) is 5.30. The minimum atomic E-state index is -0.958. The number of methoxy groups -OCH3 is 1. The van der Waals surface area contributed by atoms with E-state index < -0.39 is 11.5 Å². The molecule has 0 saturated heterocycles. The summed E-state index contributed by atoms with van der Waals surface area (Å²) >= 11 is 0. The number of hydrogen-bond acceptors (Lipinski definition) is 4. The largest absolute Gasteiger partial charge is 0.508 e. The van der Waals surface area contributed by atoms with E-state index in [0.29, 0.717) is 6.42 Å². The van der Waals surface area contributed by atoms with Crippen molar-refractivity contribution in [3.8, 4) is 5.75 Å². The molecule has 1 aromatic carbocycles. The van der Waals surface area contributed by atoms with Crippen molar-refractivity contribution in [3.05, 3.63) is 29.3 Å². The molecule has 0 bridgehead atoms. The molecule has 0 amide bonds. The number of aromatic hydroxyl groups is 1. The number of nitrogens with two attached hydrogens (primary N) is 1. The molecule has 4 heteroatoms. The van der Waals surface area contributed by atoms with E-state index in [1.165, 1.54) is 7.11 Å². The lowest BCUT2D eigenvalue weighted by Gasteiger charge is -2.10. The van der Waals surface area contributed by atoms with Crippen LogP contribution in [0.2, 0.25) is 0 Å². The molecule has 0 radical (unpaired) electrons. The van der Waals surface area contributed by atoms with Gasteiger partial charge in [0.25, 0.3) is 0 Å². The molecule has 1 aliphatic rings. The highest BCUT2D eigenvalue weighted by molar-refractivity contribution is 5.86. The quantitative estimate of drug-likeness (QED) is 0.732. The van der Waals surface area contributed by atoms with E-state index in [-0.39, 0.29) is 11.7 Å². The molecule has 4 nitrogen and oxygen atoms in total. The standard InChI is InChI=1S/C12H15NO3/c1-7-3-4-10(14)8(5-7)9-6-12(9,13)11(15)16-2/h3-5,9,14H,6,13H2,1-2H3. The van der Waals surface area contributed by atoms with E-state index in [2.05, 4.69) is 4.74 Å². The molecule has 2 atom stereocenters. The van der Waals surface area contributed by atoms with Gasteiger partial charge in [-0.1, -0.05) is 17.7 Å². The number of esters is 1. The monoisotopic (exact) mass is 221 g/mol. The second-order valence-corrected chi connectivity index (χ2v) is 4.35. The predicted octanol–water partition coefficient (Wildman–Crippen LogP) is 1.06.